The molecule has 0 N–H and O–H groups in total. The summed E-state index contributed by atoms with van der Waals surface area (Å²) in [6.45, 7) is 0.431. The van der Waals surface area contributed by atoms with E-state index in [1.165, 1.54) is 5.56 Å². The molecule has 0 spiro atoms. The van der Waals surface area contributed by atoms with Crippen LogP contribution in [0.2, 0.25) is 0 Å². The van der Waals surface area contributed by atoms with E-state index in [1.54, 1.807) is 10.8 Å². The molecule has 3 aromatic rings. The fraction of sp³-hybridized carbons (Fsp3) is 0.167. The number of rotatable bonds is 4. The zero-order valence-electron chi connectivity index (χ0n) is 11.7. The Morgan fingerprint density at radius 1 is 0.952 bits per heavy atom. The second-order valence-electron chi connectivity index (χ2n) is 4.95. The standard InChI is InChI=1S/C18H17NO2/c20-18(19-13-12-16-10-4-5-11-17(16)19)21-14-6-9-15-7-2-1-3-8-15/h1-5,7-8,10-13H,6,9,14H2. The second kappa shape index (κ2) is 6.27. The summed E-state index contributed by atoms with van der Waals surface area (Å²) in [4.78, 5) is 12.1. The van der Waals surface area contributed by atoms with E-state index in [1.807, 2.05) is 48.5 Å². The average molecular weight is 279 g/mol. The van der Waals surface area contributed by atoms with Gasteiger partial charge in [-0.3, -0.25) is 4.57 Å². The smallest absolute Gasteiger partial charge is 0.418 e. The normalized spacial score (nSPS) is 10.7. The van der Waals surface area contributed by atoms with E-state index < -0.39 is 0 Å². The molecule has 3 nitrogen and oxygen atoms in total. The van der Waals surface area contributed by atoms with Crippen LogP contribution < -0.4 is 0 Å². The van der Waals surface area contributed by atoms with Crippen LogP contribution in [-0.4, -0.2) is 17.3 Å². The lowest BCUT2D eigenvalue weighted by Gasteiger charge is -2.06. The van der Waals surface area contributed by atoms with Crippen LogP contribution in [0.3, 0.4) is 0 Å². The zero-order valence-corrected chi connectivity index (χ0v) is 11.7. The molecule has 1 aromatic heterocycles. The Labute approximate surface area is 123 Å². The van der Waals surface area contributed by atoms with Gasteiger partial charge in [-0.1, -0.05) is 48.5 Å². The van der Waals surface area contributed by atoms with Crippen LogP contribution >= 0.6 is 0 Å². The molecular formula is C18H17NO2. The van der Waals surface area contributed by atoms with Crippen LogP contribution in [0.25, 0.3) is 10.9 Å². The van der Waals surface area contributed by atoms with Crippen molar-refractivity contribution in [1.29, 1.82) is 0 Å². The van der Waals surface area contributed by atoms with E-state index in [0.29, 0.717) is 6.61 Å². The maximum Gasteiger partial charge on any atom is 0.418 e. The lowest BCUT2D eigenvalue weighted by molar-refractivity contribution is 0.147. The highest BCUT2D eigenvalue weighted by molar-refractivity contribution is 5.89. The SMILES string of the molecule is O=C(OCCCc1ccccc1)n1ccc2ccccc21. The molecule has 0 radical (unpaired) electrons. The van der Waals surface area contributed by atoms with Gasteiger partial charge in [-0.15, -0.1) is 0 Å². The summed E-state index contributed by atoms with van der Waals surface area (Å²) in [5.74, 6) is 0. The molecule has 1 heterocycles. The van der Waals surface area contributed by atoms with E-state index in [0.717, 1.165) is 23.7 Å². The Morgan fingerprint density at radius 2 is 1.71 bits per heavy atom. The van der Waals surface area contributed by atoms with E-state index >= 15 is 0 Å². The summed E-state index contributed by atoms with van der Waals surface area (Å²) < 4.78 is 6.89. The number of nitrogens with zero attached hydrogens (tertiary/aromatic N) is 1. The molecule has 0 saturated carbocycles. The number of hydrogen-bond donors (Lipinski definition) is 0. The largest absolute Gasteiger partial charge is 0.449 e. The fourth-order valence-corrected chi connectivity index (χ4v) is 2.39. The highest BCUT2D eigenvalue weighted by Gasteiger charge is 2.09. The molecule has 0 amide bonds. The molecule has 2 aromatic carbocycles. The van der Waals surface area contributed by atoms with Gasteiger partial charge in [0.15, 0.2) is 0 Å². The summed E-state index contributed by atoms with van der Waals surface area (Å²) in [5, 5.41) is 1.04. The van der Waals surface area contributed by atoms with Crippen molar-refractivity contribution in [3.05, 3.63) is 72.4 Å². The first-order valence-corrected chi connectivity index (χ1v) is 7.12. The lowest BCUT2D eigenvalue weighted by Crippen LogP contribution is -2.13. The van der Waals surface area contributed by atoms with E-state index in [4.69, 9.17) is 4.74 Å². The highest BCUT2D eigenvalue weighted by atomic mass is 16.5. The second-order valence-corrected chi connectivity index (χ2v) is 4.95. The number of para-hydroxylation sites is 1. The third-order valence-electron chi connectivity index (χ3n) is 3.47. The quantitative estimate of drug-likeness (QED) is 0.668. The van der Waals surface area contributed by atoms with Gasteiger partial charge in [0.05, 0.1) is 12.1 Å². The predicted octanol–water partition coefficient (Wildman–Crippen LogP) is 4.26. The van der Waals surface area contributed by atoms with Crippen LogP contribution in [0.5, 0.6) is 0 Å². The molecule has 21 heavy (non-hydrogen) atoms. The van der Waals surface area contributed by atoms with Crippen molar-refractivity contribution in [2.45, 2.75) is 12.8 Å². The number of carbonyl (C=O) groups is 1. The number of carbonyl (C=O) groups excluding carboxylic acids is 1. The number of fused-ring (bicyclic) bond motifs is 1. The topological polar surface area (TPSA) is 31.2 Å². The maximum atomic E-state index is 12.1. The Morgan fingerprint density at radius 3 is 2.57 bits per heavy atom. The molecule has 0 atom stereocenters. The first-order valence-electron chi connectivity index (χ1n) is 7.12. The van der Waals surface area contributed by atoms with Crippen LogP contribution in [0.1, 0.15) is 12.0 Å². The van der Waals surface area contributed by atoms with E-state index in [9.17, 15) is 4.79 Å². The number of ether oxygens (including phenoxy) is 1. The monoisotopic (exact) mass is 279 g/mol. The predicted molar refractivity (Wildman–Crippen MR) is 83.4 cm³/mol. The summed E-state index contributed by atoms with van der Waals surface area (Å²) in [6, 6.07) is 19.9. The number of hydrogen-bond acceptors (Lipinski definition) is 2. The zero-order chi connectivity index (χ0) is 14.5. The molecule has 106 valence electrons. The van der Waals surface area contributed by atoms with Crippen molar-refractivity contribution in [2.24, 2.45) is 0 Å². The Hall–Kier alpha value is -2.55. The van der Waals surface area contributed by atoms with E-state index in [2.05, 4.69) is 12.1 Å². The van der Waals surface area contributed by atoms with Gasteiger partial charge in [-0.05, 0) is 30.5 Å². The van der Waals surface area contributed by atoms with Crippen LogP contribution in [0.4, 0.5) is 4.79 Å². The molecule has 3 heteroatoms. The first kappa shape index (κ1) is 13.4. The van der Waals surface area contributed by atoms with Gasteiger partial charge in [0, 0.05) is 11.6 Å². The van der Waals surface area contributed by atoms with Gasteiger partial charge >= 0.3 is 6.09 Å². The molecule has 0 aliphatic rings. The molecule has 0 bridgehead atoms. The maximum absolute atomic E-state index is 12.1. The van der Waals surface area contributed by atoms with Gasteiger partial charge in [0.25, 0.3) is 0 Å². The van der Waals surface area contributed by atoms with Gasteiger partial charge in [-0.2, -0.15) is 0 Å². The number of aromatic nitrogens is 1. The molecule has 3 rings (SSSR count). The lowest BCUT2D eigenvalue weighted by atomic mass is 10.1. The summed E-state index contributed by atoms with van der Waals surface area (Å²) >= 11 is 0. The minimum Gasteiger partial charge on any atom is -0.449 e. The van der Waals surface area contributed by atoms with Crippen LogP contribution in [-0.2, 0) is 11.2 Å². The third-order valence-corrected chi connectivity index (χ3v) is 3.47. The van der Waals surface area contributed by atoms with Crippen molar-refractivity contribution in [1.82, 2.24) is 4.57 Å². The number of benzene rings is 2. The summed E-state index contributed by atoms with van der Waals surface area (Å²) in [7, 11) is 0. The summed E-state index contributed by atoms with van der Waals surface area (Å²) in [6.07, 6.45) is 3.18. The number of aryl methyl sites for hydroxylation is 1. The van der Waals surface area contributed by atoms with Crippen LogP contribution in [0.15, 0.2) is 66.9 Å². The highest BCUT2D eigenvalue weighted by Crippen LogP contribution is 2.15. The first-order chi connectivity index (χ1) is 10.3. The van der Waals surface area contributed by atoms with Gasteiger partial charge in [0.2, 0.25) is 0 Å². The summed E-state index contributed by atoms with van der Waals surface area (Å²) in [5.41, 5.74) is 2.14. The molecule has 0 aliphatic carbocycles. The molecular weight excluding hydrogens is 262 g/mol. The third kappa shape index (κ3) is 3.14. The minimum atomic E-state index is -0.315. The fourth-order valence-electron chi connectivity index (χ4n) is 2.39. The van der Waals surface area contributed by atoms with Crippen molar-refractivity contribution >= 4 is 17.0 Å². The Bertz CT molecular complexity index is 731. The van der Waals surface area contributed by atoms with Crippen LogP contribution in [0, 0.1) is 0 Å². The molecule has 0 unspecified atom stereocenters. The van der Waals surface area contributed by atoms with Gasteiger partial charge in [-0.25, -0.2) is 4.79 Å². The van der Waals surface area contributed by atoms with Crippen molar-refractivity contribution in [2.75, 3.05) is 6.61 Å². The molecule has 0 saturated heterocycles. The van der Waals surface area contributed by atoms with Crippen molar-refractivity contribution in [3.8, 4) is 0 Å². The van der Waals surface area contributed by atoms with E-state index in [-0.39, 0.29) is 6.09 Å². The Kier molecular flexibility index (Phi) is 4.01. The average Bonchev–Trinajstić information content (AvgIpc) is 2.96. The van der Waals surface area contributed by atoms with Crippen molar-refractivity contribution in [3.63, 3.8) is 0 Å². The molecule has 0 fully saturated rings. The van der Waals surface area contributed by atoms with Gasteiger partial charge < -0.3 is 4.74 Å². The molecule has 0 aliphatic heterocycles. The van der Waals surface area contributed by atoms with Gasteiger partial charge in [0.1, 0.15) is 0 Å². The minimum absolute atomic E-state index is 0.315. The van der Waals surface area contributed by atoms with Crippen molar-refractivity contribution < 1.29 is 9.53 Å². The Balaban J connectivity index is 1.55.